The Hall–Kier alpha value is -4.65. The molecule has 1 atom stereocenters. The average Bonchev–Trinajstić information content (AvgIpc) is 3.24. The number of para-hydroxylation sites is 1. The number of hydrogen-bond acceptors (Lipinski definition) is 6. The molecule has 0 saturated heterocycles. The molecule has 2 aliphatic heterocycles. The standard InChI is InChI=1S/C32H27NO6/c1-18(2)17-33-25-7-5-4-6-20(25)15-24(32(33)36)23-16-28(34)38-26-13-12-22-30(35)27(39-31(22)29(23)26)14-19-8-10-21(37-3)11-9-19/h4-15,18,23H,16-17H2,1-3H3/b27-14-/t23-/m1/s1. The fourth-order valence-corrected chi connectivity index (χ4v) is 5.37. The first-order chi connectivity index (χ1) is 18.8. The number of fused-ring (bicyclic) bond motifs is 4. The minimum atomic E-state index is -0.625. The molecule has 6 rings (SSSR count). The van der Waals surface area contributed by atoms with Crippen molar-refractivity contribution in [2.75, 3.05) is 7.11 Å². The highest BCUT2D eigenvalue weighted by atomic mass is 16.5. The molecular formula is C32H27NO6. The molecule has 3 aromatic carbocycles. The summed E-state index contributed by atoms with van der Waals surface area (Å²) in [6.45, 7) is 4.65. The van der Waals surface area contributed by atoms with E-state index in [9.17, 15) is 14.4 Å². The van der Waals surface area contributed by atoms with Crippen LogP contribution in [0.1, 0.15) is 53.2 Å². The summed E-state index contributed by atoms with van der Waals surface area (Å²) < 4.78 is 18.7. The Kier molecular flexibility index (Phi) is 6.06. The second-order valence-electron chi connectivity index (χ2n) is 10.3. The number of ether oxygens (including phenoxy) is 3. The second kappa shape index (κ2) is 9.58. The van der Waals surface area contributed by atoms with Gasteiger partial charge >= 0.3 is 5.97 Å². The van der Waals surface area contributed by atoms with E-state index >= 15 is 0 Å². The fourth-order valence-electron chi connectivity index (χ4n) is 5.37. The Bertz CT molecular complexity index is 1730. The number of hydrogen-bond donors (Lipinski definition) is 0. The summed E-state index contributed by atoms with van der Waals surface area (Å²) >= 11 is 0. The number of pyridine rings is 1. The zero-order valence-corrected chi connectivity index (χ0v) is 21.9. The van der Waals surface area contributed by atoms with Gasteiger partial charge < -0.3 is 18.8 Å². The smallest absolute Gasteiger partial charge is 0.312 e. The molecule has 0 aliphatic carbocycles. The lowest BCUT2D eigenvalue weighted by atomic mass is 9.84. The van der Waals surface area contributed by atoms with E-state index in [1.54, 1.807) is 42.0 Å². The van der Waals surface area contributed by atoms with Gasteiger partial charge in [0.15, 0.2) is 5.76 Å². The monoisotopic (exact) mass is 521 g/mol. The van der Waals surface area contributed by atoms with Crippen LogP contribution in [0.5, 0.6) is 17.2 Å². The molecule has 0 N–H and O–H groups in total. The maximum atomic E-state index is 13.9. The first kappa shape index (κ1) is 24.7. The van der Waals surface area contributed by atoms with Crippen LogP contribution in [0.2, 0.25) is 0 Å². The van der Waals surface area contributed by atoms with Crippen molar-refractivity contribution in [2.45, 2.75) is 32.7 Å². The van der Waals surface area contributed by atoms with Crippen LogP contribution in [0.3, 0.4) is 0 Å². The molecule has 7 heteroatoms. The van der Waals surface area contributed by atoms with Gasteiger partial charge in [-0.2, -0.15) is 0 Å². The molecule has 0 spiro atoms. The van der Waals surface area contributed by atoms with Crippen LogP contribution in [-0.2, 0) is 11.3 Å². The summed E-state index contributed by atoms with van der Waals surface area (Å²) in [4.78, 5) is 40.0. The molecule has 196 valence electrons. The van der Waals surface area contributed by atoms with Crippen molar-refractivity contribution < 1.29 is 23.8 Å². The first-order valence-electron chi connectivity index (χ1n) is 12.9. The number of rotatable bonds is 5. The zero-order valence-electron chi connectivity index (χ0n) is 21.9. The van der Waals surface area contributed by atoms with Crippen molar-refractivity contribution in [1.82, 2.24) is 4.57 Å². The third-order valence-corrected chi connectivity index (χ3v) is 7.15. The van der Waals surface area contributed by atoms with E-state index in [0.717, 1.165) is 16.5 Å². The van der Waals surface area contributed by atoms with Crippen molar-refractivity contribution in [3.63, 3.8) is 0 Å². The van der Waals surface area contributed by atoms with Crippen LogP contribution in [0.4, 0.5) is 0 Å². The van der Waals surface area contributed by atoms with Gasteiger partial charge in [0.2, 0.25) is 5.78 Å². The maximum Gasteiger partial charge on any atom is 0.312 e. The van der Waals surface area contributed by atoms with E-state index in [-0.39, 0.29) is 29.4 Å². The minimum Gasteiger partial charge on any atom is -0.497 e. The van der Waals surface area contributed by atoms with Gasteiger partial charge in [-0.3, -0.25) is 14.4 Å². The lowest BCUT2D eigenvalue weighted by molar-refractivity contribution is -0.135. The Labute approximate surface area is 225 Å². The van der Waals surface area contributed by atoms with Crippen molar-refractivity contribution in [3.8, 4) is 17.2 Å². The lowest BCUT2D eigenvalue weighted by Crippen LogP contribution is -2.31. The summed E-state index contributed by atoms with van der Waals surface area (Å²) in [5, 5.41) is 0.901. The molecule has 3 heterocycles. The van der Waals surface area contributed by atoms with Gasteiger partial charge in [0, 0.05) is 23.6 Å². The second-order valence-corrected chi connectivity index (χ2v) is 10.3. The lowest BCUT2D eigenvalue weighted by Gasteiger charge is -2.27. The maximum absolute atomic E-state index is 13.9. The number of allylic oxidation sites excluding steroid dienone is 1. The van der Waals surface area contributed by atoms with Crippen LogP contribution in [0, 0.1) is 5.92 Å². The van der Waals surface area contributed by atoms with Crippen molar-refractivity contribution >= 4 is 28.7 Å². The Balaban J connectivity index is 1.50. The Morgan fingerprint density at radius 3 is 2.51 bits per heavy atom. The molecule has 0 unspecified atom stereocenters. The van der Waals surface area contributed by atoms with Gasteiger partial charge in [-0.15, -0.1) is 0 Å². The molecule has 4 aromatic rings. The molecule has 0 radical (unpaired) electrons. The van der Waals surface area contributed by atoms with E-state index in [0.29, 0.717) is 40.5 Å². The van der Waals surface area contributed by atoms with Crippen molar-refractivity contribution in [1.29, 1.82) is 0 Å². The number of methoxy groups -OCH3 is 1. The Morgan fingerprint density at radius 1 is 1.00 bits per heavy atom. The van der Waals surface area contributed by atoms with E-state index < -0.39 is 11.9 Å². The minimum absolute atomic E-state index is 0.0339. The number of carbonyl (C=O) groups excluding carboxylic acids is 2. The fraction of sp³-hybridized carbons (Fsp3) is 0.219. The quantitative estimate of drug-likeness (QED) is 0.190. The summed E-state index contributed by atoms with van der Waals surface area (Å²) in [6, 6.07) is 20.1. The summed E-state index contributed by atoms with van der Waals surface area (Å²) in [5.74, 6) is 0.407. The first-order valence-corrected chi connectivity index (χ1v) is 12.9. The summed E-state index contributed by atoms with van der Waals surface area (Å²) in [6.07, 6.45) is 1.64. The van der Waals surface area contributed by atoms with Crippen molar-refractivity contribution in [3.05, 3.63) is 105 Å². The molecule has 2 aliphatic rings. The molecule has 0 fully saturated rings. The molecule has 0 bridgehead atoms. The SMILES string of the molecule is COc1ccc(/C=C2\Oc3c(ccc4c3[C@@H](c3cc5ccccc5n(CC(C)C)c3=O)CC(=O)O4)C2=O)cc1. The third-order valence-electron chi connectivity index (χ3n) is 7.15. The molecule has 0 saturated carbocycles. The number of ketones is 1. The molecule has 1 aromatic heterocycles. The van der Waals surface area contributed by atoms with Gasteiger partial charge in [-0.05, 0) is 59.3 Å². The van der Waals surface area contributed by atoms with Crippen LogP contribution in [-0.4, -0.2) is 23.4 Å². The van der Waals surface area contributed by atoms with Gasteiger partial charge in [0.05, 0.1) is 24.6 Å². The number of aromatic nitrogens is 1. The number of esters is 1. The predicted octanol–water partition coefficient (Wildman–Crippen LogP) is 5.72. The summed E-state index contributed by atoms with van der Waals surface area (Å²) in [5.41, 5.74) is 2.85. The van der Waals surface area contributed by atoms with Gasteiger partial charge in [0.25, 0.3) is 5.56 Å². The largest absolute Gasteiger partial charge is 0.497 e. The molecular weight excluding hydrogens is 494 g/mol. The summed E-state index contributed by atoms with van der Waals surface area (Å²) in [7, 11) is 1.59. The molecule has 0 amide bonds. The number of Topliss-reactive ketones (excluding diaryl/α,β-unsaturated/α-hetero) is 1. The molecule has 39 heavy (non-hydrogen) atoms. The van der Waals surface area contributed by atoms with Crippen LogP contribution < -0.4 is 19.8 Å². The van der Waals surface area contributed by atoms with Crippen LogP contribution >= 0.6 is 0 Å². The van der Waals surface area contributed by atoms with E-state index in [2.05, 4.69) is 13.8 Å². The highest BCUT2D eigenvalue weighted by Gasteiger charge is 2.39. The van der Waals surface area contributed by atoms with Gasteiger partial charge in [-0.1, -0.05) is 44.2 Å². The van der Waals surface area contributed by atoms with Gasteiger partial charge in [0.1, 0.15) is 17.2 Å². The number of nitrogens with zero attached hydrogens (tertiary/aromatic N) is 1. The normalized spacial score (nSPS) is 17.2. The average molecular weight is 522 g/mol. The number of carbonyl (C=O) groups is 2. The molecule has 7 nitrogen and oxygen atoms in total. The van der Waals surface area contributed by atoms with Crippen molar-refractivity contribution in [2.24, 2.45) is 5.92 Å². The highest BCUT2D eigenvalue weighted by Crippen LogP contribution is 2.48. The van der Waals surface area contributed by atoms with E-state index in [1.165, 1.54) is 0 Å². The van der Waals surface area contributed by atoms with Crippen LogP contribution in [0.25, 0.3) is 17.0 Å². The predicted molar refractivity (Wildman–Crippen MR) is 148 cm³/mol. The highest BCUT2D eigenvalue weighted by molar-refractivity contribution is 6.15. The van der Waals surface area contributed by atoms with Gasteiger partial charge in [-0.25, -0.2) is 0 Å². The van der Waals surface area contributed by atoms with E-state index in [4.69, 9.17) is 14.2 Å². The van der Waals surface area contributed by atoms with E-state index in [1.807, 2.05) is 42.5 Å². The third kappa shape index (κ3) is 4.30. The number of benzene rings is 3. The van der Waals surface area contributed by atoms with Crippen LogP contribution in [0.15, 0.2) is 77.3 Å². The zero-order chi connectivity index (χ0) is 27.3. The topological polar surface area (TPSA) is 83.8 Å². The Morgan fingerprint density at radius 2 is 1.77 bits per heavy atom.